The predicted molar refractivity (Wildman–Crippen MR) is 86.0 cm³/mol. The number of methoxy groups -OCH3 is 1. The molecule has 0 aliphatic heterocycles. The number of nitrogens with one attached hydrogen (secondary N) is 2. The monoisotopic (exact) mass is 318 g/mol. The molecule has 2 amide bonds. The van der Waals surface area contributed by atoms with Crippen LogP contribution >= 0.6 is 0 Å². The van der Waals surface area contributed by atoms with Crippen molar-refractivity contribution in [3.63, 3.8) is 0 Å². The standard InChI is InChI=1S/C17H19FN2O3/c1-11(16(21)12-7-9-13(18)10-8-12)19-17(22)20-14-5-3-4-6-15(14)23-2/h3-11,16,21H,1-2H3,(H2,19,20,22)/t11-,16-/m1/s1. The van der Waals surface area contributed by atoms with Gasteiger partial charge >= 0.3 is 6.03 Å². The van der Waals surface area contributed by atoms with E-state index in [1.165, 1.54) is 31.4 Å². The smallest absolute Gasteiger partial charge is 0.319 e. The zero-order chi connectivity index (χ0) is 16.8. The van der Waals surface area contributed by atoms with Gasteiger partial charge in [0.15, 0.2) is 0 Å². The summed E-state index contributed by atoms with van der Waals surface area (Å²) in [4.78, 5) is 12.0. The molecule has 0 unspecified atom stereocenters. The fourth-order valence-corrected chi connectivity index (χ4v) is 2.14. The van der Waals surface area contributed by atoms with E-state index >= 15 is 0 Å². The molecule has 0 aliphatic carbocycles. The highest BCUT2D eigenvalue weighted by Gasteiger charge is 2.19. The Morgan fingerprint density at radius 3 is 2.48 bits per heavy atom. The molecule has 2 atom stereocenters. The zero-order valence-corrected chi connectivity index (χ0v) is 12.9. The number of aliphatic hydroxyl groups excluding tert-OH is 1. The first-order valence-corrected chi connectivity index (χ1v) is 7.15. The van der Waals surface area contributed by atoms with Crippen LogP contribution in [0.5, 0.6) is 5.75 Å². The van der Waals surface area contributed by atoms with Crippen molar-refractivity contribution in [1.29, 1.82) is 0 Å². The van der Waals surface area contributed by atoms with Crippen molar-refractivity contribution in [2.45, 2.75) is 19.1 Å². The van der Waals surface area contributed by atoms with Crippen LogP contribution in [0.25, 0.3) is 0 Å². The van der Waals surface area contributed by atoms with E-state index in [1.54, 1.807) is 31.2 Å². The van der Waals surface area contributed by atoms with Gasteiger partial charge in [0.2, 0.25) is 0 Å². The molecule has 0 spiro atoms. The maximum absolute atomic E-state index is 12.9. The highest BCUT2D eigenvalue weighted by molar-refractivity contribution is 5.91. The molecule has 0 saturated heterocycles. The summed E-state index contributed by atoms with van der Waals surface area (Å²) in [6.45, 7) is 1.66. The Morgan fingerprint density at radius 2 is 1.83 bits per heavy atom. The zero-order valence-electron chi connectivity index (χ0n) is 12.9. The van der Waals surface area contributed by atoms with Gasteiger partial charge in [0.05, 0.1) is 24.9 Å². The molecule has 0 bridgehead atoms. The molecule has 23 heavy (non-hydrogen) atoms. The lowest BCUT2D eigenvalue weighted by Gasteiger charge is -2.21. The van der Waals surface area contributed by atoms with Gasteiger partial charge in [0.25, 0.3) is 0 Å². The first-order chi connectivity index (χ1) is 11.0. The largest absolute Gasteiger partial charge is 0.495 e. The predicted octanol–water partition coefficient (Wildman–Crippen LogP) is 3.08. The topological polar surface area (TPSA) is 70.6 Å². The molecule has 3 N–H and O–H groups in total. The molecule has 5 nitrogen and oxygen atoms in total. The maximum atomic E-state index is 12.9. The minimum absolute atomic E-state index is 0.379. The lowest BCUT2D eigenvalue weighted by Crippen LogP contribution is -2.39. The van der Waals surface area contributed by atoms with Crippen molar-refractivity contribution < 1.29 is 19.0 Å². The van der Waals surface area contributed by atoms with Gasteiger partial charge in [-0.1, -0.05) is 24.3 Å². The molecule has 0 radical (unpaired) electrons. The number of ether oxygens (including phenoxy) is 1. The quantitative estimate of drug-likeness (QED) is 0.793. The van der Waals surface area contributed by atoms with Crippen LogP contribution in [-0.4, -0.2) is 24.3 Å². The van der Waals surface area contributed by atoms with Gasteiger partial charge in [-0.25, -0.2) is 9.18 Å². The van der Waals surface area contributed by atoms with Crippen LogP contribution in [0.15, 0.2) is 48.5 Å². The second kappa shape index (κ2) is 7.60. The lowest BCUT2D eigenvalue weighted by atomic mass is 10.0. The highest BCUT2D eigenvalue weighted by atomic mass is 19.1. The van der Waals surface area contributed by atoms with Gasteiger partial charge in [-0.15, -0.1) is 0 Å². The number of hydrogen-bond donors (Lipinski definition) is 3. The summed E-state index contributed by atoms with van der Waals surface area (Å²) in [5.41, 5.74) is 1.05. The third kappa shape index (κ3) is 4.43. The molecule has 2 rings (SSSR count). The first kappa shape index (κ1) is 16.8. The summed E-state index contributed by atoms with van der Waals surface area (Å²) in [6.07, 6.45) is -0.945. The van der Waals surface area contributed by atoms with Gasteiger partial charge in [0, 0.05) is 0 Å². The number of halogens is 1. The molecule has 0 heterocycles. The summed E-state index contributed by atoms with van der Waals surface area (Å²) < 4.78 is 18.1. The number of aliphatic hydroxyl groups is 1. The number of rotatable bonds is 5. The highest BCUT2D eigenvalue weighted by Crippen LogP contribution is 2.23. The number of anilines is 1. The summed E-state index contributed by atoms with van der Waals surface area (Å²) in [6, 6.07) is 11.5. The van der Waals surface area contributed by atoms with Crippen LogP contribution in [-0.2, 0) is 0 Å². The van der Waals surface area contributed by atoms with Gasteiger partial charge in [-0.3, -0.25) is 0 Å². The number of carbonyl (C=O) groups is 1. The van der Waals surface area contributed by atoms with Crippen LogP contribution in [0.2, 0.25) is 0 Å². The summed E-state index contributed by atoms with van der Waals surface area (Å²) in [7, 11) is 1.51. The van der Waals surface area contributed by atoms with Crippen molar-refractivity contribution in [3.05, 3.63) is 59.9 Å². The summed E-state index contributed by atoms with van der Waals surface area (Å²) >= 11 is 0. The number of urea groups is 1. The lowest BCUT2D eigenvalue weighted by molar-refractivity contribution is 0.139. The molecule has 0 aromatic heterocycles. The minimum Gasteiger partial charge on any atom is -0.495 e. The van der Waals surface area contributed by atoms with Crippen molar-refractivity contribution in [2.75, 3.05) is 12.4 Å². The van der Waals surface area contributed by atoms with Crippen LogP contribution in [0.4, 0.5) is 14.9 Å². The fourth-order valence-electron chi connectivity index (χ4n) is 2.14. The first-order valence-electron chi connectivity index (χ1n) is 7.15. The van der Waals surface area contributed by atoms with Gasteiger partial charge < -0.3 is 20.5 Å². The Balaban J connectivity index is 1.97. The third-order valence-corrected chi connectivity index (χ3v) is 3.40. The van der Waals surface area contributed by atoms with Crippen molar-refractivity contribution in [2.24, 2.45) is 0 Å². The second-order valence-electron chi connectivity index (χ2n) is 5.08. The fraction of sp³-hybridized carbons (Fsp3) is 0.235. The number of amides is 2. The van der Waals surface area contributed by atoms with Crippen molar-refractivity contribution in [3.8, 4) is 5.75 Å². The van der Waals surface area contributed by atoms with Gasteiger partial charge in [-0.05, 0) is 36.8 Å². The summed E-state index contributed by atoms with van der Waals surface area (Å²) in [5, 5.41) is 15.5. The Morgan fingerprint density at radius 1 is 1.17 bits per heavy atom. The van der Waals surface area contributed by atoms with E-state index in [0.29, 0.717) is 17.0 Å². The molecule has 0 aliphatic rings. The van der Waals surface area contributed by atoms with Crippen LogP contribution in [0.1, 0.15) is 18.6 Å². The molecular weight excluding hydrogens is 299 g/mol. The van der Waals surface area contributed by atoms with Crippen molar-refractivity contribution >= 4 is 11.7 Å². The Bertz CT molecular complexity index is 661. The molecule has 6 heteroatoms. The minimum atomic E-state index is -0.945. The molecule has 122 valence electrons. The third-order valence-electron chi connectivity index (χ3n) is 3.40. The Hall–Kier alpha value is -2.60. The number of benzene rings is 2. The van der Waals surface area contributed by atoms with Crippen LogP contribution in [0, 0.1) is 5.82 Å². The molecular formula is C17H19FN2O3. The number of para-hydroxylation sites is 2. The molecule has 2 aromatic carbocycles. The van der Waals surface area contributed by atoms with Crippen LogP contribution < -0.4 is 15.4 Å². The molecule has 2 aromatic rings. The normalized spacial score (nSPS) is 13.0. The van der Waals surface area contributed by atoms with E-state index in [4.69, 9.17) is 4.74 Å². The molecule has 0 saturated carbocycles. The molecule has 0 fully saturated rings. The van der Waals surface area contributed by atoms with E-state index in [-0.39, 0.29) is 5.82 Å². The second-order valence-corrected chi connectivity index (χ2v) is 5.08. The SMILES string of the molecule is COc1ccccc1NC(=O)N[C@H](C)[C@@H](O)c1ccc(F)cc1. The average Bonchev–Trinajstić information content (AvgIpc) is 2.55. The Labute approximate surface area is 134 Å². The van der Waals surface area contributed by atoms with E-state index in [0.717, 1.165) is 0 Å². The van der Waals surface area contributed by atoms with E-state index in [9.17, 15) is 14.3 Å². The van der Waals surface area contributed by atoms with Crippen LogP contribution in [0.3, 0.4) is 0 Å². The van der Waals surface area contributed by atoms with Gasteiger partial charge in [0.1, 0.15) is 11.6 Å². The summed E-state index contributed by atoms with van der Waals surface area (Å²) in [5.74, 6) is 0.157. The van der Waals surface area contributed by atoms with Crippen molar-refractivity contribution in [1.82, 2.24) is 5.32 Å². The Kier molecular flexibility index (Phi) is 5.54. The van der Waals surface area contributed by atoms with E-state index in [2.05, 4.69) is 10.6 Å². The van der Waals surface area contributed by atoms with Gasteiger partial charge in [-0.2, -0.15) is 0 Å². The number of carbonyl (C=O) groups excluding carboxylic acids is 1. The van der Waals surface area contributed by atoms with E-state index < -0.39 is 18.2 Å². The van der Waals surface area contributed by atoms with E-state index in [1.807, 2.05) is 0 Å². The number of hydrogen-bond acceptors (Lipinski definition) is 3. The maximum Gasteiger partial charge on any atom is 0.319 e. The average molecular weight is 318 g/mol.